The highest BCUT2D eigenvalue weighted by atomic mass is 16.7. The zero-order valence-corrected chi connectivity index (χ0v) is 14.7. The van der Waals surface area contributed by atoms with Gasteiger partial charge in [-0.05, 0) is 29.3 Å². The lowest BCUT2D eigenvalue weighted by Gasteiger charge is -2.26. The second kappa shape index (κ2) is 6.59. The van der Waals surface area contributed by atoms with Crippen LogP contribution in [0.3, 0.4) is 0 Å². The summed E-state index contributed by atoms with van der Waals surface area (Å²) in [5.41, 5.74) is 3.71. The summed E-state index contributed by atoms with van der Waals surface area (Å²) < 4.78 is 16.2. The van der Waals surface area contributed by atoms with Crippen molar-refractivity contribution < 1.29 is 19.0 Å². The summed E-state index contributed by atoms with van der Waals surface area (Å²) in [6, 6.07) is 7.91. The first kappa shape index (κ1) is 16.1. The summed E-state index contributed by atoms with van der Waals surface area (Å²) in [7, 11) is 0. The smallest absolute Gasteiger partial charge is 0.231 e. The predicted molar refractivity (Wildman–Crippen MR) is 98.8 cm³/mol. The van der Waals surface area contributed by atoms with Gasteiger partial charge in [-0.25, -0.2) is 4.98 Å². The molecule has 2 aromatic heterocycles. The molecule has 0 bridgehead atoms. The monoisotopic (exact) mass is 365 g/mol. The number of morpholine rings is 1. The quantitative estimate of drug-likeness (QED) is 0.771. The Morgan fingerprint density at radius 3 is 2.85 bits per heavy atom. The molecular weight excluding hydrogens is 346 g/mol. The van der Waals surface area contributed by atoms with Gasteiger partial charge in [0.15, 0.2) is 11.5 Å². The Labute approximate surface area is 155 Å². The molecule has 7 nitrogen and oxygen atoms in total. The number of carbonyl (C=O) groups is 1. The van der Waals surface area contributed by atoms with E-state index in [1.165, 1.54) is 0 Å². The number of hydrogen-bond acceptors (Lipinski definition) is 5. The van der Waals surface area contributed by atoms with E-state index in [1.807, 2.05) is 35.5 Å². The van der Waals surface area contributed by atoms with E-state index in [4.69, 9.17) is 14.2 Å². The van der Waals surface area contributed by atoms with Crippen LogP contribution in [0.1, 0.15) is 5.56 Å². The molecule has 0 saturated carbocycles. The number of nitrogens with zero attached hydrogens (tertiary/aromatic N) is 2. The van der Waals surface area contributed by atoms with Gasteiger partial charge in [0.05, 0.1) is 19.6 Å². The van der Waals surface area contributed by atoms with Gasteiger partial charge in [0.25, 0.3) is 0 Å². The average Bonchev–Trinajstić information content (AvgIpc) is 3.34. The average molecular weight is 365 g/mol. The highest BCUT2D eigenvalue weighted by Crippen LogP contribution is 2.36. The number of fused-ring (bicyclic) bond motifs is 2. The number of amides is 1. The highest BCUT2D eigenvalue weighted by molar-refractivity contribution is 5.89. The first-order chi connectivity index (χ1) is 13.3. The van der Waals surface area contributed by atoms with Crippen molar-refractivity contribution in [1.29, 1.82) is 0 Å². The molecule has 0 atom stereocenters. The fourth-order valence-electron chi connectivity index (χ4n) is 3.53. The van der Waals surface area contributed by atoms with Crippen LogP contribution in [0.5, 0.6) is 11.5 Å². The second-order valence-corrected chi connectivity index (χ2v) is 6.67. The van der Waals surface area contributed by atoms with Gasteiger partial charge in [-0.15, -0.1) is 0 Å². The molecule has 138 valence electrons. The zero-order chi connectivity index (χ0) is 18.2. The summed E-state index contributed by atoms with van der Waals surface area (Å²) in [4.78, 5) is 22.1. The van der Waals surface area contributed by atoms with Gasteiger partial charge in [0, 0.05) is 36.4 Å². The van der Waals surface area contributed by atoms with Crippen molar-refractivity contribution in [2.24, 2.45) is 0 Å². The Kier molecular flexibility index (Phi) is 3.94. The molecule has 1 fully saturated rings. The molecule has 1 N–H and O–H groups in total. The van der Waals surface area contributed by atoms with Gasteiger partial charge in [-0.2, -0.15) is 0 Å². The summed E-state index contributed by atoms with van der Waals surface area (Å²) >= 11 is 0. The zero-order valence-electron chi connectivity index (χ0n) is 14.7. The van der Waals surface area contributed by atoms with Crippen LogP contribution >= 0.6 is 0 Å². The molecule has 7 heteroatoms. The van der Waals surface area contributed by atoms with Crippen molar-refractivity contribution >= 4 is 16.9 Å². The van der Waals surface area contributed by atoms with Crippen molar-refractivity contribution in [3.05, 3.63) is 42.2 Å². The van der Waals surface area contributed by atoms with E-state index in [2.05, 4.69) is 16.0 Å². The molecule has 0 radical (unpaired) electrons. The number of H-pyrrole nitrogens is 1. The van der Waals surface area contributed by atoms with Crippen LogP contribution in [0.15, 0.2) is 36.7 Å². The first-order valence-electron chi connectivity index (χ1n) is 8.99. The lowest BCUT2D eigenvalue weighted by atomic mass is 10.0. The molecule has 1 aromatic carbocycles. The van der Waals surface area contributed by atoms with Gasteiger partial charge in [-0.1, -0.05) is 6.07 Å². The number of ether oxygens (including phenoxy) is 3. The SMILES string of the molecule is O=C(Cc1c[nH]c2ncc(-c3ccc4c(c3)OCO4)cc12)N1CCOCC1. The molecule has 0 spiro atoms. The van der Waals surface area contributed by atoms with Crippen molar-refractivity contribution in [3.63, 3.8) is 0 Å². The molecule has 2 aliphatic heterocycles. The number of benzene rings is 1. The third-order valence-electron chi connectivity index (χ3n) is 5.03. The molecule has 4 heterocycles. The molecule has 0 unspecified atom stereocenters. The molecular formula is C20H19N3O4. The Bertz CT molecular complexity index is 1010. The molecule has 0 aliphatic carbocycles. The first-order valence-corrected chi connectivity index (χ1v) is 8.99. The minimum absolute atomic E-state index is 0.118. The van der Waals surface area contributed by atoms with E-state index in [0.717, 1.165) is 39.2 Å². The second-order valence-electron chi connectivity index (χ2n) is 6.67. The van der Waals surface area contributed by atoms with Crippen molar-refractivity contribution in [1.82, 2.24) is 14.9 Å². The molecule has 27 heavy (non-hydrogen) atoms. The van der Waals surface area contributed by atoms with Crippen LogP contribution in [0, 0.1) is 0 Å². The normalized spacial score (nSPS) is 16.1. The summed E-state index contributed by atoms with van der Waals surface area (Å²) in [5, 5.41) is 0.965. The van der Waals surface area contributed by atoms with E-state index in [9.17, 15) is 4.79 Å². The maximum Gasteiger partial charge on any atom is 0.231 e. The number of pyridine rings is 1. The third-order valence-corrected chi connectivity index (χ3v) is 5.03. The topological polar surface area (TPSA) is 76.7 Å². The van der Waals surface area contributed by atoms with Crippen molar-refractivity contribution in [3.8, 4) is 22.6 Å². The van der Waals surface area contributed by atoms with Crippen LogP contribution in [0.25, 0.3) is 22.2 Å². The Balaban J connectivity index is 1.45. The van der Waals surface area contributed by atoms with E-state index in [1.54, 1.807) is 0 Å². The molecule has 1 amide bonds. The van der Waals surface area contributed by atoms with Crippen molar-refractivity contribution in [2.75, 3.05) is 33.1 Å². The van der Waals surface area contributed by atoms with Crippen LogP contribution in [-0.2, 0) is 16.0 Å². The Hall–Kier alpha value is -3.06. The van der Waals surface area contributed by atoms with Gasteiger partial charge in [-0.3, -0.25) is 4.79 Å². The lowest BCUT2D eigenvalue weighted by molar-refractivity contribution is -0.134. The number of nitrogens with one attached hydrogen (secondary N) is 1. The van der Waals surface area contributed by atoms with E-state index in [-0.39, 0.29) is 12.7 Å². The summed E-state index contributed by atoms with van der Waals surface area (Å²) in [6.45, 7) is 2.77. The summed E-state index contributed by atoms with van der Waals surface area (Å²) in [6.07, 6.45) is 4.05. The highest BCUT2D eigenvalue weighted by Gasteiger charge is 2.19. The maximum atomic E-state index is 12.6. The van der Waals surface area contributed by atoms with E-state index < -0.39 is 0 Å². The number of aromatic nitrogens is 2. The van der Waals surface area contributed by atoms with Crippen LogP contribution < -0.4 is 9.47 Å². The minimum atomic E-state index is 0.118. The number of carbonyl (C=O) groups excluding carboxylic acids is 1. The number of rotatable bonds is 3. The van der Waals surface area contributed by atoms with Crippen LogP contribution in [-0.4, -0.2) is 53.9 Å². The molecule has 5 rings (SSSR count). The molecule has 2 aliphatic rings. The van der Waals surface area contributed by atoms with Gasteiger partial charge >= 0.3 is 0 Å². The van der Waals surface area contributed by atoms with Gasteiger partial charge < -0.3 is 24.1 Å². The molecule has 1 saturated heterocycles. The standard InChI is InChI=1S/C20H19N3O4/c24-19(23-3-5-25-6-4-23)9-15-11-22-20-16(15)7-14(10-21-20)13-1-2-17-18(8-13)27-12-26-17/h1-2,7-8,10-11H,3-6,9,12H2,(H,21,22). The lowest BCUT2D eigenvalue weighted by Crippen LogP contribution is -2.41. The van der Waals surface area contributed by atoms with E-state index >= 15 is 0 Å². The fraction of sp³-hybridized carbons (Fsp3) is 0.300. The van der Waals surface area contributed by atoms with E-state index in [0.29, 0.717) is 32.7 Å². The fourth-order valence-corrected chi connectivity index (χ4v) is 3.53. The van der Waals surface area contributed by atoms with Crippen molar-refractivity contribution in [2.45, 2.75) is 6.42 Å². The predicted octanol–water partition coefficient (Wildman–Crippen LogP) is 2.36. The number of hydrogen-bond donors (Lipinski definition) is 1. The van der Waals surface area contributed by atoms with Crippen LogP contribution in [0.2, 0.25) is 0 Å². The number of aromatic amines is 1. The Morgan fingerprint density at radius 2 is 1.96 bits per heavy atom. The minimum Gasteiger partial charge on any atom is -0.454 e. The van der Waals surface area contributed by atoms with Gasteiger partial charge in [0.2, 0.25) is 12.7 Å². The summed E-state index contributed by atoms with van der Waals surface area (Å²) in [5.74, 6) is 1.61. The largest absolute Gasteiger partial charge is 0.454 e. The van der Waals surface area contributed by atoms with Crippen LogP contribution in [0.4, 0.5) is 0 Å². The molecule has 3 aromatic rings. The Morgan fingerprint density at radius 1 is 1.11 bits per heavy atom. The third kappa shape index (κ3) is 3.00. The maximum absolute atomic E-state index is 12.6. The van der Waals surface area contributed by atoms with Gasteiger partial charge in [0.1, 0.15) is 5.65 Å².